The molecule has 2 bridgehead atoms. The Hall–Kier alpha value is -2.12. The second kappa shape index (κ2) is 6.20. The first-order valence-corrected chi connectivity index (χ1v) is 11.1. The Bertz CT molecular complexity index is 942. The van der Waals surface area contributed by atoms with Crippen molar-refractivity contribution in [3.63, 3.8) is 0 Å². The van der Waals surface area contributed by atoms with Gasteiger partial charge in [0.1, 0.15) is 0 Å². The molecule has 0 aromatic heterocycles. The second-order valence-electron chi connectivity index (χ2n) is 9.69. The molecule has 0 unspecified atom stereocenters. The van der Waals surface area contributed by atoms with Crippen LogP contribution in [-0.4, -0.2) is 64.3 Å². The summed E-state index contributed by atoms with van der Waals surface area (Å²) < 4.78 is 12.0. The first kappa shape index (κ1) is 18.6. The Morgan fingerprint density at radius 3 is 2.90 bits per heavy atom. The molecule has 0 radical (unpaired) electrons. The number of carboxylic acids is 1. The highest BCUT2D eigenvalue weighted by atomic mass is 16.5. The number of piperidine rings is 1. The van der Waals surface area contributed by atoms with Gasteiger partial charge in [0.05, 0.1) is 24.0 Å². The lowest BCUT2D eigenvalue weighted by molar-refractivity contribution is -0.188. The van der Waals surface area contributed by atoms with Gasteiger partial charge in [0.25, 0.3) is 0 Å². The van der Waals surface area contributed by atoms with E-state index in [1.165, 1.54) is 12.8 Å². The Morgan fingerprint density at radius 2 is 2.13 bits per heavy atom. The van der Waals surface area contributed by atoms with E-state index in [-0.39, 0.29) is 24.9 Å². The third-order valence-electron chi connectivity index (χ3n) is 8.12. The van der Waals surface area contributed by atoms with Gasteiger partial charge < -0.3 is 19.7 Å². The molecule has 1 aromatic carbocycles. The fourth-order valence-corrected chi connectivity index (χ4v) is 6.62. The maximum Gasteiger partial charge on any atom is 0.306 e. The van der Waals surface area contributed by atoms with Crippen LogP contribution in [0.4, 0.5) is 0 Å². The minimum Gasteiger partial charge on any atom is -0.489 e. The number of nitrogens with zero attached hydrogens (tertiary/aromatic N) is 1. The van der Waals surface area contributed by atoms with Crippen LogP contribution in [0, 0.1) is 5.92 Å². The van der Waals surface area contributed by atoms with Gasteiger partial charge in [-0.25, -0.2) is 0 Å². The average Bonchev–Trinajstić information content (AvgIpc) is 3.44. The number of aliphatic carboxylic acids is 1. The molecule has 7 heteroatoms. The van der Waals surface area contributed by atoms with Crippen molar-refractivity contribution in [1.82, 2.24) is 4.90 Å². The largest absolute Gasteiger partial charge is 0.489 e. The van der Waals surface area contributed by atoms with Crippen LogP contribution >= 0.6 is 0 Å². The van der Waals surface area contributed by atoms with Gasteiger partial charge in [0.2, 0.25) is 0 Å². The van der Waals surface area contributed by atoms with E-state index < -0.39 is 23.1 Å². The highest BCUT2D eigenvalue weighted by Gasteiger charge is 2.73. The molecule has 2 heterocycles. The molecule has 1 saturated heterocycles. The van der Waals surface area contributed by atoms with Gasteiger partial charge >= 0.3 is 5.97 Å². The molecular weight excluding hydrogens is 386 g/mol. The molecule has 1 aromatic rings. The van der Waals surface area contributed by atoms with Crippen LogP contribution in [0.3, 0.4) is 0 Å². The predicted molar refractivity (Wildman–Crippen MR) is 106 cm³/mol. The molecule has 30 heavy (non-hydrogen) atoms. The van der Waals surface area contributed by atoms with Crippen molar-refractivity contribution in [1.29, 1.82) is 0 Å². The number of ketones is 1. The Kier molecular flexibility index (Phi) is 3.85. The number of hydrogen-bond donors (Lipinski definition) is 2. The van der Waals surface area contributed by atoms with Crippen LogP contribution in [0.15, 0.2) is 12.1 Å². The van der Waals surface area contributed by atoms with Crippen LogP contribution in [0.5, 0.6) is 11.5 Å². The van der Waals surface area contributed by atoms with E-state index in [9.17, 15) is 14.7 Å². The minimum absolute atomic E-state index is 0.00304. The van der Waals surface area contributed by atoms with Gasteiger partial charge in [-0.1, -0.05) is 6.07 Å². The predicted octanol–water partition coefficient (Wildman–Crippen LogP) is 1.67. The van der Waals surface area contributed by atoms with E-state index in [0.29, 0.717) is 30.8 Å². The van der Waals surface area contributed by atoms with Gasteiger partial charge in [-0.2, -0.15) is 0 Å². The number of hydrogen-bond acceptors (Lipinski definition) is 6. The number of carbonyl (C=O) groups is 2. The van der Waals surface area contributed by atoms with Crippen LogP contribution in [-0.2, 0) is 21.4 Å². The Balaban J connectivity index is 1.45. The molecular formula is C23H27NO6. The van der Waals surface area contributed by atoms with Crippen molar-refractivity contribution in [2.75, 3.05) is 19.7 Å². The maximum absolute atomic E-state index is 13.0. The van der Waals surface area contributed by atoms with Crippen molar-refractivity contribution in [3.8, 4) is 11.5 Å². The molecule has 1 spiro atoms. The quantitative estimate of drug-likeness (QED) is 0.732. The zero-order valence-corrected chi connectivity index (χ0v) is 16.9. The van der Waals surface area contributed by atoms with Crippen molar-refractivity contribution in [2.45, 2.75) is 68.1 Å². The van der Waals surface area contributed by atoms with Crippen molar-refractivity contribution in [2.24, 2.45) is 5.92 Å². The minimum atomic E-state index is -0.989. The number of rotatable bonds is 6. The summed E-state index contributed by atoms with van der Waals surface area (Å²) >= 11 is 0. The van der Waals surface area contributed by atoms with Gasteiger partial charge in [-0.05, 0) is 56.2 Å². The summed E-state index contributed by atoms with van der Waals surface area (Å²) in [7, 11) is 0. The van der Waals surface area contributed by atoms with Crippen LogP contribution in [0.1, 0.15) is 49.7 Å². The van der Waals surface area contributed by atoms with Crippen molar-refractivity contribution >= 4 is 11.8 Å². The summed E-state index contributed by atoms with van der Waals surface area (Å²) in [5.41, 5.74) is 0.361. The van der Waals surface area contributed by atoms with Gasteiger partial charge in [0, 0.05) is 24.6 Å². The number of benzene rings is 1. The fourth-order valence-electron chi connectivity index (χ4n) is 6.62. The zero-order chi connectivity index (χ0) is 20.7. The molecule has 6 rings (SSSR count). The summed E-state index contributed by atoms with van der Waals surface area (Å²) in [4.78, 5) is 26.3. The summed E-state index contributed by atoms with van der Waals surface area (Å²) in [6.45, 7) is 1.93. The van der Waals surface area contributed by atoms with Gasteiger partial charge in [-0.3, -0.25) is 14.5 Å². The van der Waals surface area contributed by atoms with E-state index >= 15 is 0 Å². The lowest BCUT2D eigenvalue weighted by atomic mass is 9.49. The molecule has 3 fully saturated rings. The van der Waals surface area contributed by atoms with E-state index in [1.807, 2.05) is 12.1 Å². The molecule has 5 aliphatic rings. The lowest BCUT2D eigenvalue weighted by Crippen LogP contribution is -2.76. The third-order valence-corrected chi connectivity index (χ3v) is 8.12. The first-order valence-electron chi connectivity index (χ1n) is 11.1. The number of carbonyl (C=O) groups excluding carboxylic acids is 1. The molecule has 3 aliphatic carbocycles. The standard InChI is InChI=1S/C23H27NO6/c25-15-5-7-23(28)17-11-14-3-4-16(29-10-6-18(26)27)20-19(14)22(23,21(15)30-20)8-9-24(17)12-13-1-2-13/h3-4,13,17,21,28H,1-2,5-12H2,(H,26,27)/t17-,21+,22+,23-/m0/s1. The van der Waals surface area contributed by atoms with Crippen molar-refractivity contribution in [3.05, 3.63) is 23.3 Å². The SMILES string of the molecule is O=C(O)CCOc1ccc2c3c1O[C@@H]1C(=O)CC[C@]4(O)[C@H](C2)N(CC2CC2)CC[C@@]314. The summed E-state index contributed by atoms with van der Waals surface area (Å²) in [5, 5.41) is 21.1. The summed E-state index contributed by atoms with van der Waals surface area (Å²) in [6.07, 6.45) is 4.00. The molecule has 0 amide bonds. The monoisotopic (exact) mass is 413 g/mol. The number of Topliss-reactive ketones (excluding diaryl/α,β-unsaturated/α-hetero) is 1. The second-order valence-corrected chi connectivity index (χ2v) is 9.69. The molecule has 7 nitrogen and oxygen atoms in total. The highest BCUT2D eigenvalue weighted by Crippen LogP contribution is 2.65. The molecule has 2 N–H and O–H groups in total. The van der Waals surface area contributed by atoms with E-state index in [0.717, 1.165) is 36.6 Å². The van der Waals surface area contributed by atoms with E-state index in [1.54, 1.807) is 0 Å². The Labute approximate surface area is 175 Å². The zero-order valence-electron chi connectivity index (χ0n) is 16.9. The van der Waals surface area contributed by atoms with Crippen molar-refractivity contribution < 1.29 is 29.3 Å². The molecule has 160 valence electrons. The highest BCUT2D eigenvalue weighted by molar-refractivity contribution is 5.90. The van der Waals surface area contributed by atoms with Gasteiger partial charge in [0.15, 0.2) is 23.4 Å². The lowest BCUT2D eigenvalue weighted by Gasteiger charge is -2.62. The fraction of sp³-hybridized carbons (Fsp3) is 0.652. The van der Waals surface area contributed by atoms with Crippen LogP contribution < -0.4 is 9.47 Å². The summed E-state index contributed by atoms with van der Waals surface area (Å²) in [6, 6.07) is 3.86. The third kappa shape index (κ3) is 2.33. The Morgan fingerprint density at radius 1 is 1.30 bits per heavy atom. The van der Waals surface area contributed by atoms with Crippen LogP contribution in [0.2, 0.25) is 0 Å². The maximum atomic E-state index is 13.0. The smallest absolute Gasteiger partial charge is 0.306 e. The number of aliphatic hydroxyl groups is 1. The number of carboxylic acid groups (broad SMARTS) is 1. The van der Waals surface area contributed by atoms with Crippen LogP contribution in [0.25, 0.3) is 0 Å². The number of ether oxygens (including phenoxy) is 2. The molecule has 4 atom stereocenters. The van der Waals surface area contributed by atoms with Gasteiger partial charge in [-0.15, -0.1) is 0 Å². The normalized spacial score (nSPS) is 36.2. The van der Waals surface area contributed by atoms with E-state index in [4.69, 9.17) is 14.6 Å². The molecule has 2 aliphatic heterocycles. The first-order chi connectivity index (χ1) is 14.4. The number of likely N-dealkylation sites (tertiary alicyclic amines) is 1. The molecule has 2 saturated carbocycles. The summed E-state index contributed by atoms with van der Waals surface area (Å²) in [5.74, 6) is 0.895. The average molecular weight is 413 g/mol. The van der Waals surface area contributed by atoms with E-state index in [2.05, 4.69) is 4.90 Å². The topological polar surface area (TPSA) is 96.3 Å².